The maximum atomic E-state index is 14.0. The monoisotopic (exact) mass is 595 g/mol. The summed E-state index contributed by atoms with van der Waals surface area (Å²) in [5.41, 5.74) is 1.56. The highest BCUT2D eigenvalue weighted by atomic mass is 19.4. The molecular weight excluding hydrogens is 567 g/mol. The summed E-state index contributed by atoms with van der Waals surface area (Å²) < 4.78 is 42.8. The minimum Gasteiger partial charge on any atom is -0.383 e. The molecule has 12 heteroatoms. The Morgan fingerprint density at radius 3 is 2.45 bits per heavy atom. The number of benzene rings is 2. The lowest BCUT2D eigenvalue weighted by Crippen LogP contribution is -2.35. The molecule has 6 rings (SSSR count). The van der Waals surface area contributed by atoms with Gasteiger partial charge in [0.05, 0.1) is 40.1 Å². The first kappa shape index (κ1) is 28.9. The second-order valence-corrected chi connectivity index (χ2v) is 12.2. The molecular formula is C32H28F3N9. The highest BCUT2D eigenvalue weighted by Crippen LogP contribution is 2.55. The van der Waals surface area contributed by atoms with Gasteiger partial charge in [0.15, 0.2) is 5.54 Å². The van der Waals surface area contributed by atoms with Crippen LogP contribution in [-0.2, 0) is 5.54 Å². The number of halogens is 3. The summed E-state index contributed by atoms with van der Waals surface area (Å²) in [4.78, 5) is 8.86. The molecule has 1 aliphatic rings. The Balaban J connectivity index is 1.51. The van der Waals surface area contributed by atoms with Gasteiger partial charge in [0.25, 0.3) is 0 Å². The summed E-state index contributed by atoms with van der Waals surface area (Å²) in [5.74, 6) is 0. The van der Waals surface area contributed by atoms with Crippen molar-refractivity contribution in [1.29, 1.82) is 10.5 Å². The minimum absolute atomic E-state index is 0.0651. The van der Waals surface area contributed by atoms with Crippen molar-refractivity contribution in [1.82, 2.24) is 25.0 Å². The van der Waals surface area contributed by atoms with Gasteiger partial charge in [0, 0.05) is 35.4 Å². The van der Waals surface area contributed by atoms with Gasteiger partial charge >= 0.3 is 6.18 Å². The molecule has 1 fully saturated rings. The van der Waals surface area contributed by atoms with Crippen molar-refractivity contribution in [3.8, 4) is 12.1 Å². The number of nitriles is 2. The Labute approximate surface area is 251 Å². The lowest BCUT2D eigenvalue weighted by atomic mass is 9.96. The zero-order valence-electron chi connectivity index (χ0n) is 24.2. The normalized spacial score (nSPS) is 15.0. The molecule has 1 aliphatic carbocycles. The van der Waals surface area contributed by atoms with Gasteiger partial charge in [0.1, 0.15) is 17.8 Å². The van der Waals surface area contributed by atoms with E-state index >= 15 is 0 Å². The van der Waals surface area contributed by atoms with Crippen molar-refractivity contribution < 1.29 is 13.2 Å². The molecule has 0 amide bonds. The predicted molar refractivity (Wildman–Crippen MR) is 160 cm³/mol. The van der Waals surface area contributed by atoms with Crippen molar-refractivity contribution in [3.05, 3.63) is 83.4 Å². The molecule has 0 unspecified atom stereocenters. The Morgan fingerprint density at radius 1 is 1.00 bits per heavy atom. The maximum Gasteiger partial charge on any atom is 0.413 e. The highest BCUT2D eigenvalue weighted by molar-refractivity contribution is 5.99. The molecule has 44 heavy (non-hydrogen) atoms. The summed E-state index contributed by atoms with van der Waals surface area (Å²) in [6.07, 6.45) is -0.147. The van der Waals surface area contributed by atoms with E-state index in [2.05, 4.69) is 63.8 Å². The number of pyridine rings is 2. The highest BCUT2D eigenvalue weighted by Gasteiger charge is 2.66. The van der Waals surface area contributed by atoms with E-state index in [4.69, 9.17) is 0 Å². The van der Waals surface area contributed by atoms with Crippen molar-refractivity contribution in [3.63, 3.8) is 0 Å². The van der Waals surface area contributed by atoms with Crippen LogP contribution >= 0.6 is 0 Å². The van der Waals surface area contributed by atoms with E-state index in [-0.39, 0.29) is 29.5 Å². The SMILES string of the molecule is CC(C)(C)CNc1c(C#N)cnc2c(C#N)cc(N[C@H](c3cn(C4(C(F)(F)F)CC4)nn3)c3cccc4ncccc34)cc12. The molecule has 1 saturated carbocycles. The number of hydrogen-bond acceptors (Lipinski definition) is 8. The molecule has 0 aliphatic heterocycles. The van der Waals surface area contributed by atoms with Crippen molar-refractivity contribution >= 4 is 33.2 Å². The summed E-state index contributed by atoms with van der Waals surface area (Å²) in [6, 6.07) is 16.2. The molecule has 0 radical (unpaired) electrons. The summed E-state index contributed by atoms with van der Waals surface area (Å²) in [5, 5.41) is 36.2. The largest absolute Gasteiger partial charge is 0.413 e. The summed E-state index contributed by atoms with van der Waals surface area (Å²) in [6.45, 7) is 6.73. The van der Waals surface area contributed by atoms with E-state index < -0.39 is 17.8 Å². The lowest BCUT2D eigenvalue weighted by Gasteiger charge is -2.23. The fraction of sp³-hybridized carbons (Fsp3) is 0.312. The van der Waals surface area contributed by atoms with E-state index in [1.807, 2.05) is 24.3 Å². The van der Waals surface area contributed by atoms with E-state index in [0.29, 0.717) is 45.5 Å². The number of hydrogen-bond donors (Lipinski definition) is 2. The predicted octanol–water partition coefficient (Wildman–Crippen LogP) is 6.83. The molecule has 9 nitrogen and oxygen atoms in total. The maximum absolute atomic E-state index is 14.0. The van der Waals surface area contributed by atoms with Crippen molar-refractivity contribution in [2.75, 3.05) is 17.2 Å². The number of alkyl halides is 3. The number of nitrogens with zero attached hydrogens (tertiary/aromatic N) is 7. The Kier molecular flexibility index (Phi) is 6.88. The second kappa shape index (κ2) is 10.5. The van der Waals surface area contributed by atoms with Gasteiger partial charge < -0.3 is 10.6 Å². The Bertz CT molecular complexity index is 1970. The molecule has 2 N–H and O–H groups in total. The van der Waals surface area contributed by atoms with Crippen molar-refractivity contribution in [2.24, 2.45) is 5.41 Å². The van der Waals surface area contributed by atoms with Crippen LogP contribution in [0.2, 0.25) is 0 Å². The number of nitrogens with one attached hydrogen (secondary N) is 2. The average molecular weight is 596 g/mol. The minimum atomic E-state index is -4.47. The van der Waals surface area contributed by atoms with Gasteiger partial charge in [-0.05, 0) is 48.1 Å². The summed E-state index contributed by atoms with van der Waals surface area (Å²) in [7, 11) is 0. The summed E-state index contributed by atoms with van der Waals surface area (Å²) >= 11 is 0. The van der Waals surface area contributed by atoms with Crippen LogP contribution in [-0.4, -0.2) is 37.7 Å². The number of aromatic nitrogens is 5. The zero-order chi connectivity index (χ0) is 31.3. The molecule has 3 heterocycles. The van der Waals surface area contributed by atoms with Crippen LogP contribution in [0.25, 0.3) is 21.8 Å². The third-order valence-corrected chi connectivity index (χ3v) is 7.81. The van der Waals surface area contributed by atoms with Crippen LogP contribution in [0.4, 0.5) is 24.5 Å². The van der Waals surface area contributed by atoms with Gasteiger partial charge in [-0.2, -0.15) is 23.7 Å². The number of fused-ring (bicyclic) bond motifs is 2. The number of rotatable bonds is 7. The van der Waals surface area contributed by atoms with Gasteiger partial charge in [0.2, 0.25) is 0 Å². The Hall–Kier alpha value is -5.23. The second-order valence-electron chi connectivity index (χ2n) is 12.2. The molecule has 0 spiro atoms. The Morgan fingerprint density at radius 2 is 1.77 bits per heavy atom. The molecule has 1 atom stereocenters. The quantitative estimate of drug-likeness (QED) is 0.210. The molecule has 0 bridgehead atoms. The fourth-order valence-corrected chi connectivity index (χ4v) is 5.34. The number of anilines is 2. The molecule has 2 aromatic carbocycles. The van der Waals surface area contributed by atoms with Crippen LogP contribution in [0.5, 0.6) is 0 Å². The first-order valence-electron chi connectivity index (χ1n) is 14.0. The van der Waals surface area contributed by atoms with E-state index in [1.165, 1.54) is 12.4 Å². The van der Waals surface area contributed by atoms with E-state index in [9.17, 15) is 23.7 Å². The van der Waals surface area contributed by atoms with E-state index in [0.717, 1.165) is 10.1 Å². The lowest BCUT2D eigenvalue weighted by molar-refractivity contribution is -0.182. The molecule has 222 valence electrons. The van der Waals surface area contributed by atoms with Gasteiger partial charge in [-0.15, -0.1) is 5.10 Å². The van der Waals surface area contributed by atoms with Crippen LogP contribution in [0, 0.1) is 28.1 Å². The average Bonchev–Trinajstić information content (AvgIpc) is 3.68. The smallest absolute Gasteiger partial charge is 0.383 e. The molecule has 3 aromatic heterocycles. The topological polar surface area (TPSA) is 128 Å². The van der Waals surface area contributed by atoms with Crippen LogP contribution in [0.15, 0.2) is 61.1 Å². The van der Waals surface area contributed by atoms with Crippen LogP contribution in [0.3, 0.4) is 0 Å². The zero-order valence-corrected chi connectivity index (χ0v) is 24.2. The first-order chi connectivity index (χ1) is 20.9. The standard InChI is InChI=1S/C32H28F3N9/c1-30(2,3)18-40-28-20(15-37)16-39-27-19(14-36)12-21(13-24(27)28)41-29(23-6-4-8-25-22(23)7-5-11-38-25)26-17-44(43-42-26)31(9-10-31)32(33,34)35/h4-8,11-13,16-17,29,41H,9-10,18H2,1-3H3,(H,39,40)/t29-/m0/s1. The van der Waals surface area contributed by atoms with Gasteiger partial charge in [-0.25, -0.2) is 4.68 Å². The van der Waals surface area contributed by atoms with Crippen LogP contribution in [0.1, 0.15) is 62.0 Å². The van der Waals surface area contributed by atoms with E-state index in [1.54, 1.807) is 24.4 Å². The molecule has 0 saturated heterocycles. The third-order valence-electron chi connectivity index (χ3n) is 7.81. The first-order valence-corrected chi connectivity index (χ1v) is 14.0. The third kappa shape index (κ3) is 5.13. The van der Waals surface area contributed by atoms with Crippen molar-refractivity contribution in [2.45, 2.75) is 51.4 Å². The van der Waals surface area contributed by atoms with Crippen LogP contribution < -0.4 is 10.6 Å². The van der Waals surface area contributed by atoms with Gasteiger partial charge in [-0.3, -0.25) is 9.97 Å². The fourth-order valence-electron chi connectivity index (χ4n) is 5.34. The molecule has 5 aromatic rings. The van der Waals surface area contributed by atoms with Gasteiger partial charge in [-0.1, -0.05) is 44.2 Å².